The van der Waals surface area contributed by atoms with Gasteiger partial charge in [-0.25, -0.2) is 4.98 Å². The Balaban J connectivity index is 1.37. The summed E-state index contributed by atoms with van der Waals surface area (Å²) in [6.07, 6.45) is 3.26. The predicted octanol–water partition coefficient (Wildman–Crippen LogP) is 5.44. The van der Waals surface area contributed by atoms with Crippen molar-refractivity contribution >= 4 is 5.97 Å². The maximum atomic E-state index is 10.7. The average molecular weight is 475 g/mol. The standard InChI is InChI=1S/C29H34N2O4/c1-21-18-25(34-17-16-31-14-3-4-15-31)19-22(2)29(21)26-6-5-7-27(30-26)35-20-24-10-8-23(9-11-24)12-13-28(32)33/h5-11,18-19H,3-4,12-17,20H2,1-2H3,(H,32,33). The van der Waals surface area contributed by atoms with Crippen LogP contribution in [0.4, 0.5) is 0 Å². The Hall–Kier alpha value is -3.38. The first kappa shape index (κ1) is 24.7. The molecule has 3 aromatic rings. The number of hydrogen-bond acceptors (Lipinski definition) is 5. The quantitative estimate of drug-likeness (QED) is 0.399. The molecular weight excluding hydrogens is 440 g/mol. The van der Waals surface area contributed by atoms with Crippen molar-refractivity contribution in [3.63, 3.8) is 0 Å². The number of aliphatic carboxylic acids is 1. The van der Waals surface area contributed by atoms with Crippen molar-refractivity contribution in [3.8, 4) is 22.9 Å². The molecule has 2 heterocycles. The highest BCUT2D eigenvalue weighted by molar-refractivity contribution is 5.69. The van der Waals surface area contributed by atoms with E-state index >= 15 is 0 Å². The van der Waals surface area contributed by atoms with Crippen molar-refractivity contribution < 1.29 is 19.4 Å². The minimum Gasteiger partial charge on any atom is -0.492 e. The number of aryl methyl sites for hydroxylation is 3. The van der Waals surface area contributed by atoms with Gasteiger partial charge in [-0.1, -0.05) is 30.3 Å². The van der Waals surface area contributed by atoms with Crippen LogP contribution in [0.3, 0.4) is 0 Å². The number of aromatic nitrogens is 1. The molecule has 0 saturated carbocycles. The van der Waals surface area contributed by atoms with Gasteiger partial charge in [-0.2, -0.15) is 0 Å². The number of rotatable bonds is 11. The van der Waals surface area contributed by atoms with E-state index in [4.69, 9.17) is 19.6 Å². The van der Waals surface area contributed by atoms with Gasteiger partial charge in [-0.15, -0.1) is 0 Å². The third kappa shape index (κ3) is 7.06. The van der Waals surface area contributed by atoms with Crippen molar-refractivity contribution in [2.75, 3.05) is 26.2 Å². The summed E-state index contributed by atoms with van der Waals surface area (Å²) in [5.41, 5.74) is 6.26. The second-order valence-electron chi connectivity index (χ2n) is 9.19. The Morgan fingerprint density at radius 2 is 1.66 bits per heavy atom. The number of pyridine rings is 1. The fourth-order valence-electron chi connectivity index (χ4n) is 4.56. The van der Waals surface area contributed by atoms with E-state index in [1.54, 1.807) is 0 Å². The molecule has 1 aliphatic rings. The Labute approximate surface area is 207 Å². The summed E-state index contributed by atoms with van der Waals surface area (Å²) in [5, 5.41) is 8.83. The van der Waals surface area contributed by atoms with Gasteiger partial charge in [0.25, 0.3) is 0 Å². The second kappa shape index (κ2) is 11.8. The number of hydrogen-bond donors (Lipinski definition) is 1. The third-order valence-corrected chi connectivity index (χ3v) is 6.40. The minimum atomic E-state index is -0.784. The minimum absolute atomic E-state index is 0.136. The summed E-state index contributed by atoms with van der Waals surface area (Å²) >= 11 is 0. The first-order chi connectivity index (χ1) is 17.0. The van der Waals surface area contributed by atoms with Gasteiger partial charge in [0.2, 0.25) is 5.88 Å². The number of carboxylic acid groups (broad SMARTS) is 1. The van der Waals surface area contributed by atoms with Crippen LogP contribution >= 0.6 is 0 Å². The molecule has 0 aliphatic carbocycles. The zero-order valence-corrected chi connectivity index (χ0v) is 20.6. The van der Waals surface area contributed by atoms with E-state index in [1.807, 2.05) is 42.5 Å². The Kier molecular flexibility index (Phi) is 8.37. The Bertz CT molecular complexity index is 1110. The van der Waals surface area contributed by atoms with Crippen LogP contribution in [0.5, 0.6) is 11.6 Å². The molecule has 1 aromatic heterocycles. The molecule has 6 nitrogen and oxygen atoms in total. The zero-order chi connectivity index (χ0) is 24.6. The van der Waals surface area contributed by atoms with Crippen LogP contribution in [-0.2, 0) is 17.8 Å². The lowest BCUT2D eigenvalue weighted by Gasteiger charge is -2.17. The highest BCUT2D eigenvalue weighted by Gasteiger charge is 2.13. The van der Waals surface area contributed by atoms with Gasteiger partial charge >= 0.3 is 5.97 Å². The third-order valence-electron chi connectivity index (χ3n) is 6.40. The van der Waals surface area contributed by atoms with Crippen LogP contribution in [0.25, 0.3) is 11.3 Å². The van der Waals surface area contributed by atoms with E-state index in [-0.39, 0.29) is 6.42 Å². The summed E-state index contributed by atoms with van der Waals surface area (Å²) in [6, 6.07) is 17.9. The van der Waals surface area contributed by atoms with E-state index in [9.17, 15) is 4.79 Å². The predicted molar refractivity (Wildman–Crippen MR) is 137 cm³/mol. The molecule has 1 saturated heterocycles. The smallest absolute Gasteiger partial charge is 0.303 e. The van der Waals surface area contributed by atoms with Gasteiger partial charge in [0.1, 0.15) is 19.0 Å². The fraction of sp³-hybridized carbons (Fsp3) is 0.379. The van der Waals surface area contributed by atoms with Crippen molar-refractivity contribution in [1.29, 1.82) is 0 Å². The van der Waals surface area contributed by atoms with E-state index < -0.39 is 5.97 Å². The number of likely N-dealkylation sites (tertiary alicyclic amines) is 1. The monoisotopic (exact) mass is 474 g/mol. The number of ether oxygens (including phenoxy) is 2. The molecule has 184 valence electrons. The molecule has 1 N–H and O–H groups in total. The summed E-state index contributed by atoms with van der Waals surface area (Å²) in [4.78, 5) is 18.0. The number of carboxylic acids is 1. The number of nitrogens with zero attached hydrogens (tertiary/aromatic N) is 2. The molecule has 0 amide bonds. The fourth-order valence-corrected chi connectivity index (χ4v) is 4.56. The van der Waals surface area contributed by atoms with Gasteiger partial charge in [0.05, 0.1) is 5.69 Å². The largest absolute Gasteiger partial charge is 0.492 e. The highest BCUT2D eigenvalue weighted by atomic mass is 16.5. The van der Waals surface area contributed by atoms with Crippen LogP contribution in [0, 0.1) is 13.8 Å². The Morgan fingerprint density at radius 1 is 0.971 bits per heavy atom. The number of benzene rings is 2. The van der Waals surface area contributed by atoms with E-state index in [0.717, 1.165) is 45.8 Å². The van der Waals surface area contributed by atoms with E-state index in [2.05, 4.69) is 30.9 Å². The molecule has 0 bridgehead atoms. The van der Waals surface area contributed by atoms with Gasteiger partial charge in [0.15, 0.2) is 0 Å². The molecule has 1 aliphatic heterocycles. The first-order valence-electron chi connectivity index (χ1n) is 12.3. The van der Waals surface area contributed by atoms with Crippen molar-refractivity contribution in [1.82, 2.24) is 9.88 Å². The van der Waals surface area contributed by atoms with Crippen LogP contribution < -0.4 is 9.47 Å². The molecule has 0 spiro atoms. The van der Waals surface area contributed by atoms with Crippen molar-refractivity contribution in [2.24, 2.45) is 0 Å². The molecule has 0 atom stereocenters. The lowest BCUT2D eigenvalue weighted by molar-refractivity contribution is -0.136. The molecular formula is C29H34N2O4. The first-order valence-corrected chi connectivity index (χ1v) is 12.3. The summed E-state index contributed by atoms with van der Waals surface area (Å²) < 4.78 is 12.0. The van der Waals surface area contributed by atoms with Gasteiger partial charge in [0, 0.05) is 24.6 Å². The molecule has 6 heteroatoms. The summed E-state index contributed by atoms with van der Waals surface area (Å²) in [5.74, 6) is 0.692. The maximum absolute atomic E-state index is 10.7. The normalized spacial score (nSPS) is 13.7. The molecule has 2 aromatic carbocycles. The highest BCUT2D eigenvalue weighted by Crippen LogP contribution is 2.31. The molecule has 0 radical (unpaired) electrons. The maximum Gasteiger partial charge on any atom is 0.303 e. The zero-order valence-electron chi connectivity index (χ0n) is 20.6. The summed E-state index contributed by atoms with van der Waals surface area (Å²) in [6.45, 7) is 8.64. The van der Waals surface area contributed by atoms with Crippen molar-refractivity contribution in [3.05, 3.63) is 76.9 Å². The second-order valence-corrected chi connectivity index (χ2v) is 9.19. The van der Waals surface area contributed by atoms with Crippen molar-refractivity contribution in [2.45, 2.75) is 46.1 Å². The number of carbonyl (C=O) groups is 1. The Morgan fingerprint density at radius 3 is 2.34 bits per heavy atom. The van der Waals surface area contributed by atoms with Crippen LogP contribution in [0.1, 0.15) is 41.5 Å². The SMILES string of the molecule is Cc1cc(OCCN2CCCC2)cc(C)c1-c1cccc(OCc2ccc(CCC(=O)O)cc2)n1. The van der Waals surface area contributed by atoms with Gasteiger partial charge in [-0.3, -0.25) is 9.69 Å². The van der Waals surface area contributed by atoms with Gasteiger partial charge < -0.3 is 14.6 Å². The van der Waals surface area contributed by atoms with Crippen LogP contribution in [-0.4, -0.2) is 47.2 Å². The topological polar surface area (TPSA) is 71.9 Å². The lowest BCUT2D eigenvalue weighted by atomic mass is 9.99. The molecule has 4 rings (SSSR count). The molecule has 1 fully saturated rings. The van der Waals surface area contributed by atoms with Crippen LogP contribution in [0.15, 0.2) is 54.6 Å². The van der Waals surface area contributed by atoms with E-state index in [1.165, 1.54) is 25.9 Å². The molecule has 0 unspecified atom stereocenters. The van der Waals surface area contributed by atoms with E-state index in [0.29, 0.717) is 25.5 Å². The summed E-state index contributed by atoms with van der Waals surface area (Å²) in [7, 11) is 0. The van der Waals surface area contributed by atoms with Crippen LogP contribution in [0.2, 0.25) is 0 Å². The van der Waals surface area contributed by atoms with Gasteiger partial charge in [-0.05, 0) is 86.7 Å². The average Bonchev–Trinajstić information content (AvgIpc) is 3.35. The lowest BCUT2D eigenvalue weighted by Crippen LogP contribution is -2.25. The molecule has 35 heavy (non-hydrogen) atoms.